The van der Waals surface area contributed by atoms with E-state index in [2.05, 4.69) is 31.7 Å². The summed E-state index contributed by atoms with van der Waals surface area (Å²) in [5.41, 5.74) is 1.27. The van der Waals surface area contributed by atoms with E-state index >= 15 is 0 Å². The standard InChI is InChI=1S/C10H14OS2/c1-8-7-9(11-2)3-4-10(8)13-6-5-12/h3-4,7,12H,5-6H2,1-2H3. The monoisotopic (exact) mass is 214 g/mol. The third-order valence-corrected chi connectivity index (χ3v) is 3.43. The first kappa shape index (κ1) is 10.8. The molecule has 72 valence electrons. The normalized spacial score (nSPS) is 10.1. The Labute approximate surface area is 89.3 Å². The molecule has 0 saturated heterocycles. The molecule has 0 aliphatic carbocycles. The number of rotatable bonds is 4. The quantitative estimate of drug-likeness (QED) is 0.609. The topological polar surface area (TPSA) is 9.23 Å². The van der Waals surface area contributed by atoms with Crippen molar-refractivity contribution in [2.45, 2.75) is 11.8 Å². The van der Waals surface area contributed by atoms with Gasteiger partial charge in [-0.15, -0.1) is 11.8 Å². The minimum absolute atomic E-state index is 0.913. The highest BCUT2D eigenvalue weighted by Gasteiger charge is 1.99. The van der Waals surface area contributed by atoms with Gasteiger partial charge in [0.1, 0.15) is 5.75 Å². The highest BCUT2D eigenvalue weighted by molar-refractivity contribution is 8.00. The molecule has 0 spiro atoms. The second-order valence-electron chi connectivity index (χ2n) is 2.70. The molecule has 0 heterocycles. The largest absolute Gasteiger partial charge is 0.497 e. The zero-order valence-corrected chi connectivity index (χ0v) is 9.62. The van der Waals surface area contributed by atoms with Gasteiger partial charge in [0.05, 0.1) is 7.11 Å². The SMILES string of the molecule is COc1ccc(SCCS)c(C)c1. The second kappa shape index (κ2) is 5.45. The molecule has 0 amide bonds. The van der Waals surface area contributed by atoms with Crippen molar-refractivity contribution in [3.05, 3.63) is 23.8 Å². The smallest absolute Gasteiger partial charge is 0.119 e. The predicted octanol–water partition coefficient (Wildman–Crippen LogP) is 3.03. The number of hydrogen-bond donors (Lipinski definition) is 1. The molecule has 13 heavy (non-hydrogen) atoms. The van der Waals surface area contributed by atoms with E-state index in [1.807, 2.05) is 17.8 Å². The van der Waals surface area contributed by atoms with E-state index in [1.54, 1.807) is 7.11 Å². The zero-order valence-electron chi connectivity index (χ0n) is 7.91. The summed E-state index contributed by atoms with van der Waals surface area (Å²) < 4.78 is 5.13. The van der Waals surface area contributed by atoms with E-state index in [0.717, 1.165) is 17.3 Å². The molecule has 0 aromatic heterocycles. The summed E-state index contributed by atoms with van der Waals surface area (Å²) in [6.45, 7) is 2.10. The number of thioether (sulfide) groups is 1. The Morgan fingerprint density at radius 1 is 1.46 bits per heavy atom. The second-order valence-corrected chi connectivity index (χ2v) is 4.29. The van der Waals surface area contributed by atoms with Crippen LogP contribution in [0.15, 0.2) is 23.1 Å². The van der Waals surface area contributed by atoms with Crippen molar-refractivity contribution < 1.29 is 4.74 Å². The molecule has 3 heteroatoms. The molecular weight excluding hydrogens is 200 g/mol. The molecule has 0 saturated carbocycles. The van der Waals surface area contributed by atoms with Crippen LogP contribution in [0, 0.1) is 6.92 Å². The van der Waals surface area contributed by atoms with E-state index in [1.165, 1.54) is 10.5 Å². The summed E-state index contributed by atoms with van der Waals surface area (Å²) >= 11 is 6.01. The van der Waals surface area contributed by atoms with Crippen LogP contribution in [0.3, 0.4) is 0 Å². The number of ether oxygens (including phenoxy) is 1. The molecule has 0 aliphatic rings. The van der Waals surface area contributed by atoms with Gasteiger partial charge in [0.2, 0.25) is 0 Å². The van der Waals surface area contributed by atoms with Crippen LogP contribution in [-0.2, 0) is 0 Å². The first-order valence-corrected chi connectivity index (χ1v) is 5.78. The van der Waals surface area contributed by atoms with Crippen molar-refractivity contribution in [3.8, 4) is 5.75 Å². The summed E-state index contributed by atoms with van der Waals surface area (Å²) in [4.78, 5) is 1.31. The molecule has 0 bridgehead atoms. The molecule has 1 aromatic rings. The van der Waals surface area contributed by atoms with Crippen molar-refractivity contribution in [1.29, 1.82) is 0 Å². The number of aryl methyl sites for hydroxylation is 1. The van der Waals surface area contributed by atoms with Gasteiger partial charge in [0.25, 0.3) is 0 Å². The molecule has 0 fully saturated rings. The highest BCUT2D eigenvalue weighted by Crippen LogP contribution is 2.25. The van der Waals surface area contributed by atoms with E-state index in [-0.39, 0.29) is 0 Å². The van der Waals surface area contributed by atoms with Crippen LogP contribution in [-0.4, -0.2) is 18.6 Å². The number of methoxy groups -OCH3 is 1. The lowest BCUT2D eigenvalue weighted by molar-refractivity contribution is 0.414. The van der Waals surface area contributed by atoms with Gasteiger partial charge in [0, 0.05) is 10.6 Å². The lowest BCUT2D eigenvalue weighted by Gasteiger charge is -2.06. The Kier molecular flexibility index (Phi) is 4.53. The van der Waals surface area contributed by atoms with E-state index in [0.29, 0.717) is 0 Å². The average molecular weight is 214 g/mol. The van der Waals surface area contributed by atoms with E-state index in [9.17, 15) is 0 Å². The van der Waals surface area contributed by atoms with E-state index in [4.69, 9.17) is 4.74 Å². The summed E-state index contributed by atoms with van der Waals surface area (Å²) in [7, 11) is 1.69. The lowest BCUT2D eigenvalue weighted by atomic mass is 10.2. The molecule has 0 atom stereocenters. The third-order valence-electron chi connectivity index (χ3n) is 1.73. The Hall–Kier alpha value is -0.280. The fourth-order valence-electron chi connectivity index (χ4n) is 1.07. The van der Waals surface area contributed by atoms with Gasteiger partial charge in [0.15, 0.2) is 0 Å². The molecule has 0 N–H and O–H groups in total. The van der Waals surface area contributed by atoms with Gasteiger partial charge >= 0.3 is 0 Å². The maximum Gasteiger partial charge on any atom is 0.119 e. The summed E-state index contributed by atoms with van der Waals surface area (Å²) in [5, 5.41) is 0. The Morgan fingerprint density at radius 2 is 2.23 bits per heavy atom. The molecule has 0 aliphatic heterocycles. The van der Waals surface area contributed by atoms with Crippen molar-refractivity contribution in [2.24, 2.45) is 0 Å². The van der Waals surface area contributed by atoms with E-state index < -0.39 is 0 Å². The van der Waals surface area contributed by atoms with Crippen LogP contribution < -0.4 is 4.74 Å². The molecular formula is C10H14OS2. The maximum atomic E-state index is 5.13. The van der Waals surface area contributed by atoms with Gasteiger partial charge in [-0.25, -0.2) is 0 Å². The Morgan fingerprint density at radius 3 is 2.77 bits per heavy atom. The van der Waals surface area contributed by atoms with Gasteiger partial charge < -0.3 is 4.74 Å². The van der Waals surface area contributed by atoms with Gasteiger partial charge in [-0.1, -0.05) is 0 Å². The number of benzene rings is 1. The molecule has 0 unspecified atom stereocenters. The van der Waals surface area contributed by atoms with Crippen LogP contribution in [0.5, 0.6) is 5.75 Å². The highest BCUT2D eigenvalue weighted by atomic mass is 32.2. The molecule has 0 radical (unpaired) electrons. The van der Waals surface area contributed by atoms with Crippen LogP contribution in [0.1, 0.15) is 5.56 Å². The fraction of sp³-hybridized carbons (Fsp3) is 0.400. The lowest BCUT2D eigenvalue weighted by Crippen LogP contribution is -1.87. The maximum absolute atomic E-state index is 5.13. The zero-order chi connectivity index (χ0) is 9.68. The van der Waals surface area contributed by atoms with Crippen molar-refractivity contribution >= 4 is 24.4 Å². The van der Waals surface area contributed by atoms with Crippen molar-refractivity contribution in [3.63, 3.8) is 0 Å². The Bertz CT molecular complexity index is 274. The summed E-state index contributed by atoms with van der Waals surface area (Å²) in [6, 6.07) is 6.15. The number of hydrogen-bond acceptors (Lipinski definition) is 3. The predicted molar refractivity (Wildman–Crippen MR) is 62.3 cm³/mol. The molecule has 1 aromatic carbocycles. The van der Waals surface area contributed by atoms with Crippen LogP contribution in [0.4, 0.5) is 0 Å². The minimum Gasteiger partial charge on any atom is -0.497 e. The van der Waals surface area contributed by atoms with Gasteiger partial charge in [-0.2, -0.15) is 12.6 Å². The number of thiol groups is 1. The average Bonchev–Trinajstić information content (AvgIpc) is 2.16. The molecule has 1 rings (SSSR count). The van der Waals surface area contributed by atoms with Gasteiger partial charge in [-0.05, 0) is 36.4 Å². The first-order valence-electron chi connectivity index (χ1n) is 4.16. The van der Waals surface area contributed by atoms with Crippen LogP contribution in [0.25, 0.3) is 0 Å². The molecule has 1 nitrogen and oxygen atoms in total. The fourth-order valence-corrected chi connectivity index (χ4v) is 2.10. The Balaban J connectivity index is 2.73. The minimum atomic E-state index is 0.913. The van der Waals surface area contributed by atoms with Gasteiger partial charge in [-0.3, -0.25) is 0 Å². The third kappa shape index (κ3) is 3.16. The van der Waals surface area contributed by atoms with Crippen molar-refractivity contribution in [1.82, 2.24) is 0 Å². The summed E-state index contributed by atoms with van der Waals surface area (Å²) in [6.07, 6.45) is 0. The van der Waals surface area contributed by atoms with Crippen LogP contribution >= 0.6 is 24.4 Å². The van der Waals surface area contributed by atoms with Crippen LogP contribution in [0.2, 0.25) is 0 Å². The summed E-state index contributed by atoms with van der Waals surface area (Å²) in [5.74, 6) is 2.89. The first-order chi connectivity index (χ1) is 6.27. The van der Waals surface area contributed by atoms with Crippen molar-refractivity contribution in [2.75, 3.05) is 18.6 Å².